The molecular formula is C14H20O5. The normalized spacial score (nSPS) is 20.5. The van der Waals surface area contributed by atoms with Crippen molar-refractivity contribution in [2.45, 2.75) is 32.6 Å². The third-order valence-corrected chi connectivity index (χ3v) is 3.13. The highest BCUT2D eigenvalue weighted by Gasteiger charge is 2.39. The standard InChI is InChI=1S/C14H20O5/c1-3-8-19-14(17)12(13(16)18-4-2)10-6-5-7-11(15)9-10/h3,10,12H,1,4-9H2,2H3. The number of hydrogen-bond donors (Lipinski definition) is 0. The van der Waals surface area contributed by atoms with Gasteiger partial charge in [0.25, 0.3) is 0 Å². The van der Waals surface area contributed by atoms with Crippen molar-refractivity contribution in [2.24, 2.45) is 11.8 Å². The van der Waals surface area contributed by atoms with Crippen LogP contribution in [0.5, 0.6) is 0 Å². The molecule has 1 fully saturated rings. The molecule has 0 aromatic rings. The van der Waals surface area contributed by atoms with Crippen LogP contribution in [-0.2, 0) is 23.9 Å². The fourth-order valence-electron chi connectivity index (χ4n) is 2.29. The van der Waals surface area contributed by atoms with E-state index in [9.17, 15) is 14.4 Å². The average molecular weight is 268 g/mol. The minimum atomic E-state index is -0.996. The van der Waals surface area contributed by atoms with Crippen molar-refractivity contribution in [3.8, 4) is 0 Å². The lowest BCUT2D eigenvalue weighted by molar-refractivity contribution is -0.164. The highest BCUT2D eigenvalue weighted by Crippen LogP contribution is 2.30. The van der Waals surface area contributed by atoms with Crippen molar-refractivity contribution in [1.29, 1.82) is 0 Å². The van der Waals surface area contributed by atoms with E-state index < -0.39 is 17.9 Å². The van der Waals surface area contributed by atoms with E-state index in [1.165, 1.54) is 6.08 Å². The summed E-state index contributed by atoms with van der Waals surface area (Å²) in [4.78, 5) is 35.3. The Bertz CT molecular complexity index is 361. The predicted molar refractivity (Wildman–Crippen MR) is 68.2 cm³/mol. The zero-order chi connectivity index (χ0) is 14.3. The lowest BCUT2D eigenvalue weighted by Gasteiger charge is -2.26. The second-order valence-corrected chi connectivity index (χ2v) is 4.54. The summed E-state index contributed by atoms with van der Waals surface area (Å²) in [5.41, 5.74) is 0. The van der Waals surface area contributed by atoms with Crippen molar-refractivity contribution in [3.05, 3.63) is 12.7 Å². The van der Waals surface area contributed by atoms with Crippen LogP contribution in [0.15, 0.2) is 12.7 Å². The zero-order valence-corrected chi connectivity index (χ0v) is 11.2. The lowest BCUT2D eigenvalue weighted by atomic mass is 9.79. The summed E-state index contributed by atoms with van der Waals surface area (Å²) >= 11 is 0. The van der Waals surface area contributed by atoms with E-state index in [1.807, 2.05) is 0 Å². The van der Waals surface area contributed by atoms with Crippen LogP contribution in [0.25, 0.3) is 0 Å². The van der Waals surface area contributed by atoms with Gasteiger partial charge in [-0.3, -0.25) is 14.4 Å². The molecule has 0 aromatic carbocycles. The third kappa shape index (κ3) is 4.50. The number of esters is 2. The van der Waals surface area contributed by atoms with E-state index in [0.717, 1.165) is 0 Å². The molecule has 1 rings (SSSR count). The van der Waals surface area contributed by atoms with Crippen LogP contribution >= 0.6 is 0 Å². The van der Waals surface area contributed by atoms with Gasteiger partial charge in [-0.15, -0.1) is 0 Å². The van der Waals surface area contributed by atoms with E-state index >= 15 is 0 Å². The molecule has 0 saturated heterocycles. The van der Waals surface area contributed by atoms with Crippen LogP contribution in [0.2, 0.25) is 0 Å². The minimum Gasteiger partial charge on any atom is -0.465 e. The fraction of sp³-hybridized carbons (Fsp3) is 0.643. The Morgan fingerprint density at radius 3 is 2.68 bits per heavy atom. The molecule has 1 aliphatic carbocycles. The maximum atomic E-state index is 11.9. The molecule has 0 aliphatic heterocycles. The van der Waals surface area contributed by atoms with Gasteiger partial charge in [0.1, 0.15) is 12.4 Å². The average Bonchev–Trinajstić information content (AvgIpc) is 2.37. The Morgan fingerprint density at radius 2 is 2.11 bits per heavy atom. The van der Waals surface area contributed by atoms with Crippen molar-refractivity contribution in [3.63, 3.8) is 0 Å². The number of ketones is 1. The van der Waals surface area contributed by atoms with Crippen LogP contribution in [0.3, 0.4) is 0 Å². The number of Topliss-reactive ketones (excluding diaryl/α,β-unsaturated/α-hetero) is 1. The smallest absolute Gasteiger partial charge is 0.320 e. The number of ether oxygens (including phenoxy) is 2. The van der Waals surface area contributed by atoms with Crippen LogP contribution < -0.4 is 0 Å². The number of carbonyl (C=O) groups excluding carboxylic acids is 3. The van der Waals surface area contributed by atoms with Crippen molar-refractivity contribution in [1.82, 2.24) is 0 Å². The topological polar surface area (TPSA) is 69.7 Å². The van der Waals surface area contributed by atoms with E-state index in [-0.39, 0.29) is 31.3 Å². The van der Waals surface area contributed by atoms with Gasteiger partial charge in [0.05, 0.1) is 6.61 Å². The molecule has 0 aromatic heterocycles. The summed E-state index contributed by atoms with van der Waals surface area (Å²) in [5.74, 6) is -2.45. The van der Waals surface area contributed by atoms with Crippen molar-refractivity contribution >= 4 is 17.7 Å². The first-order valence-corrected chi connectivity index (χ1v) is 6.56. The molecule has 1 saturated carbocycles. The van der Waals surface area contributed by atoms with E-state index in [1.54, 1.807) is 6.92 Å². The Hall–Kier alpha value is -1.65. The second-order valence-electron chi connectivity index (χ2n) is 4.54. The van der Waals surface area contributed by atoms with Crippen LogP contribution in [-0.4, -0.2) is 30.9 Å². The number of rotatable bonds is 6. The van der Waals surface area contributed by atoms with E-state index in [2.05, 4.69) is 6.58 Å². The monoisotopic (exact) mass is 268 g/mol. The molecule has 0 N–H and O–H groups in total. The molecule has 5 nitrogen and oxygen atoms in total. The van der Waals surface area contributed by atoms with Gasteiger partial charge in [0, 0.05) is 12.8 Å². The molecule has 0 amide bonds. The molecule has 19 heavy (non-hydrogen) atoms. The Balaban J connectivity index is 2.78. The molecule has 2 atom stereocenters. The highest BCUT2D eigenvalue weighted by atomic mass is 16.6. The highest BCUT2D eigenvalue weighted by molar-refractivity contribution is 5.96. The van der Waals surface area contributed by atoms with Gasteiger partial charge in [0.15, 0.2) is 5.92 Å². The summed E-state index contributed by atoms with van der Waals surface area (Å²) in [6.07, 6.45) is 3.57. The molecule has 1 aliphatic rings. The number of hydrogen-bond acceptors (Lipinski definition) is 5. The van der Waals surface area contributed by atoms with E-state index in [4.69, 9.17) is 9.47 Å². The van der Waals surface area contributed by atoms with Gasteiger partial charge in [0.2, 0.25) is 0 Å². The molecule has 5 heteroatoms. The predicted octanol–water partition coefficient (Wildman–Crippen LogP) is 1.65. The molecule has 0 spiro atoms. The van der Waals surface area contributed by atoms with Gasteiger partial charge in [-0.05, 0) is 25.7 Å². The van der Waals surface area contributed by atoms with Gasteiger partial charge < -0.3 is 9.47 Å². The van der Waals surface area contributed by atoms with Gasteiger partial charge in [-0.25, -0.2) is 0 Å². The summed E-state index contributed by atoms with van der Waals surface area (Å²) in [5, 5.41) is 0. The maximum absolute atomic E-state index is 11.9. The lowest BCUT2D eigenvalue weighted by Crippen LogP contribution is -2.37. The van der Waals surface area contributed by atoms with Gasteiger partial charge >= 0.3 is 11.9 Å². The fourth-order valence-corrected chi connectivity index (χ4v) is 2.29. The van der Waals surface area contributed by atoms with Crippen LogP contribution in [0, 0.1) is 11.8 Å². The second kappa shape index (κ2) is 7.71. The van der Waals surface area contributed by atoms with E-state index in [0.29, 0.717) is 19.3 Å². The summed E-state index contributed by atoms with van der Waals surface area (Å²) in [6, 6.07) is 0. The maximum Gasteiger partial charge on any atom is 0.320 e. The molecule has 2 unspecified atom stereocenters. The molecule has 106 valence electrons. The largest absolute Gasteiger partial charge is 0.465 e. The van der Waals surface area contributed by atoms with Crippen LogP contribution in [0.4, 0.5) is 0 Å². The minimum absolute atomic E-state index is 0.0510. The van der Waals surface area contributed by atoms with Gasteiger partial charge in [-0.1, -0.05) is 12.7 Å². The zero-order valence-electron chi connectivity index (χ0n) is 11.2. The van der Waals surface area contributed by atoms with Crippen molar-refractivity contribution in [2.75, 3.05) is 13.2 Å². The number of carbonyl (C=O) groups is 3. The van der Waals surface area contributed by atoms with Crippen molar-refractivity contribution < 1.29 is 23.9 Å². The first kappa shape index (κ1) is 15.4. The molecule has 0 bridgehead atoms. The molecular weight excluding hydrogens is 248 g/mol. The molecule has 0 heterocycles. The quantitative estimate of drug-likeness (QED) is 0.416. The first-order valence-electron chi connectivity index (χ1n) is 6.56. The Labute approximate surface area is 112 Å². The summed E-state index contributed by atoms with van der Waals surface area (Å²) in [7, 11) is 0. The first-order chi connectivity index (χ1) is 9.10. The summed E-state index contributed by atoms with van der Waals surface area (Å²) < 4.78 is 9.86. The summed E-state index contributed by atoms with van der Waals surface area (Å²) in [6.45, 7) is 5.38. The van der Waals surface area contributed by atoms with Gasteiger partial charge in [-0.2, -0.15) is 0 Å². The Kier molecular flexibility index (Phi) is 6.25. The SMILES string of the molecule is C=CCOC(=O)C(C(=O)OCC)C1CCCC(=O)C1. The van der Waals surface area contributed by atoms with Crippen LogP contribution in [0.1, 0.15) is 32.6 Å². The third-order valence-electron chi connectivity index (χ3n) is 3.13. The molecule has 0 radical (unpaired) electrons. The Morgan fingerprint density at radius 1 is 1.42 bits per heavy atom.